The van der Waals surface area contributed by atoms with Crippen LogP contribution in [-0.2, 0) is 4.74 Å². The summed E-state index contributed by atoms with van der Waals surface area (Å²) in [5.41, 5.74) is 1.17. The minimum Gasteiger partial charge on any atom is -0.384 e. The Labute approximate surface area is 91.1 Å². The summed E-state index contributed by atoms with van der Waals surface area (Å²) in [6.45, 7) is 4.95. The van der Waals surface area contributed by atoms with Gasteiger partial charge in [0, 0.05) is 26.3 Å². The second-order valence-electron chi connectivity index (χ2n) is 4.09. The number of methoxy groups -OCH3 is 1. The van der Waals surface area contributed by atoms with Gasteiger partial charge in [-0.3, -0.25) is 0 Å². The van der Waals surface area contributed by atoms with Crippen LogP contribution in [-0.4, -0.2) is 36.3 Å². The summed E-state index contributed by atoms with van der Waals surface area (Å²) in [6.07, 6.45) is 3.10. The van der Waals surface area contributed by atoms with Gasteiger partial charge in [-0.05, 0) is 32.1 Å². The van der Waals surface area contributed by atoms with Crippen LogP contribution in [0.4, 0.5) is 0 Å². The first kappa shape index (κ1) is 11.5. The van der Waals surface area contributed by atoms with E-state index in [9.17, 15) is 0 Å². The van der Waals surface area contributed by atoms with Crippen LogP contribution in [0.1, 0.15) is 20.3 Å². The Morgan fingerprint density at radius 1 is 1.57 bits per heavy atom. The van der Waals surface area contributed by atoms with Gasteiger partial charge in [-0.1, -0.05) is 0 Å². The Bertz CT molecular complexity index is 261. The molecule has 0 aromatic carbocycles. The second kappa shape index (κ2) is 4.28. The van der Waals surface area contributed by atoms with Crippen molar-refractivity contribution in [2.75, 3.05) is 20.8 Å². The number of ether oxygens (including phenoxy) is 1. The summed E-state index contributed by atoms with van der Waals surface area (Å²) < 4.78 is 5.07. The zero-order chi connectivity index (χ0) is 10.8. The van der Waals surface area contributed by atoms with Crippen molar-refractivity contribution in [2.45, 2.75) is 25.8 Å². The first-order valence-electron chi connectivity index (χ1n) is 4.73. The molecular weight excluding hydrogens is 196 g/mol. The number of rotatable bonds is 3. The Kier molecular flexibility index (Phi) is 3.50. The van der Waals surface area contributed by atoms with Gasteiger partial charge in [-0.15, -0.1) is 0 Å². The smallest absolute Gasteiger partial charge is 0.173 e. The molecule has 0 amide bonds. The van der Waals surface area contributed by atoms with Crippen molar-refractivity contribution in [1.82, 2.24) is 10.2 Å². The normalized spacial score (nSPS) is 20.4. The fourth-order valence-corrected chi connectivity index (χ4v) is 1.87. The summed E-state index contributed by atoms with van der Waals surface area (Å²) in [5, 5.41) is 4.03. The van der Waals surface area contributed by atoms with E-state index in [1.165, 1.54) is 5.70 Å². The first-order valence-corrected chi connectivity index (χ1v) is 5.13. The average molecular weight is 214 g/mol. The lowest BCUT2D eigenvalue weighted by Gasteiger charge is -2.37. The van der Waals surface area contributed by atoms with E-state index in [-0.39, 0.29) is 5.54 Å². The number of hydrogen-bond donors (Lipinski definition) is 1. The van der Waals surface area contributed by atoms with Crippen LogP contribution >= 0.6 is 12.2 Å². The van der Waals surface area contributed by atoms with E-state index in [0.717, 1.165) is 18.1 Å². The molecule has 0 spiro atoms. The van der Waals surface area contributed by atoms with Gasteiger partial charge in [-0.25, -0.2) is 0 Å². The van der Waals surface area contributed by atoms with Crippen LogP contribution in [0.5, 0.6) is 0 Å². The Hall–Kier alpha value is -0.610. The van der Waals surface area contributed by atoms with E-state index < -0.39 is 0 Å². The molecule has 0 aromatic heterocycles. The molecule has 0 fully saturated rings. The number of hydrogen-bond acceptors (Lipinski definition) is 2. The van der Waals surface area contributed by atoms with Crippen LogP contribution in [0.2, 0.25) is 0 Å². The SMILES string of the molecule is COCCC1=CC(C)(C)NC(=S)N1C. The van der Waals surface area contributed by atoms with E-state index in [2.05, 4.69) is 25.2 Å². The number of thiocarbonyl (C=S) groups is 1. The number of nitrogens with zero attached hydrogens (tertiary/aromatic N) is 1. The third kappa shape index (κ3) is 2.69. The van der Waals surface area contributed by atoms with Gasteiger partial charge in [0.15, 0.2) is 5.11 Å². The summed E-state index contributed by atoms with van der Waals surface area (Å²) in [7, 11) is 3.69. The molecule has 1 heterocycles. The van der Waals surface area contributed by atoms with Crippen molar-refractivity contribution in [3.05, 3.63) is 11.8 Å². The standard InChI is InChI=1S/C10H18N2OS/c1-10(2)7-8(5-6-13-4)12(3)9(14)11-10/h7H,5-6H2,1-4H3,(H,11,14). The summed E-state index contributed by atoms with van der Waals surface area (Å²) >= 11 is 5.24. The molecule has 3 nitrogen and oxygen atoms in total. The zero-order valence-electron chi connectivity index (χ0n) is 9.26. The minimum absolute atomic E-state index is 0.0489. The lowest BCUT2D eigenvalue weighted by molar-refractivity contribution is 0.196. The lowest BCUT2D eigenvalue weighted by Crippen LogP contribution is -2.52. The molecule has 80 valence electrons. The van der Waals surface area contributed by atoms with Crippen LogP contribution in [0, 0.1) is 0 Å². The Balaban J connectivity index is 2.78. The molecule has 1 aliphatic rings. The van der Waals surface area contributed by atoms with Crippen molar-refractivity contribution < 1.29 is 4.74 Å². The van der Waals surface area contributed by atoms with Gasteiger partial charge < -0.3 is 15.0 Å². The van der Waals surface area contributed by atoms with E-state index in [0.29, 0.717) is 0 Å². The highest BCUT2D eigenvalue weighted by atomic mass is 32.1. The summed E-state index contributed by atoms with van der Waals surface area (Å²) in [5.74, 6) is 0. The lowest BCUT2D eigenvalue weighted by atomic mass is 10.0. The van der Waals surface area contributed by atoms with E-state index in [4.69, 9.17) is 17.0 Å². The molecule has 0 bridgehead atoms. The third-order valence-corrected chi connectivity index (χ3v) is 2.63. The molecule has 0 aliphatic carbocycles. The van der Waals surface area contributed by atoms with Crippen molar-refractivity contribution in [1.29, 1.82) is 0 Å². The zero-order valence-corrected chi connectivity index (χ0v) is 10.1. The summed E-state index contributed by atoms with van der Waals surface area (Å²) in [6, 6.07) is 0. The van der Waals surface area contributed by atoms with Gasteiger partial charge in [-0.2, -0.15) is 0 Å². The van der Waals surface area contributed by atoms with Gasteiger partial charge in [0.25, 0.3) is 0 Å². The third-order valence-electron chi connectivity index (χ3n) is 2.25. The molecule has 0 unspecified atom stereocenters. The molecule has 1 N–H and O–H groups in total. The molecule has 14 heavy (non-hydrogen) atoms. The van der Waals surface area contributed by atoms with Crippen molar-refractivity contribution >= 4 is 17.3 Å². The minimum atomic E-state index is -0.0489. The Morgan fingerprint density at radius 3 is 2.79 bits per heavy atom. The monoisotopic (exact) mass is 214 g/mol. The predicted octanol–water partition coefficient (Wildman–Crippen LogP) is 1.51. The predicted molar refractivity (Wildman–Crippen MR) is 62.2 cm³/mol. The molecule has 4 heteroatoms. The Morgan fingerprint density at radius 2 is 2.21 bits per heavy atom. The van der Waals surface area contributed by atoms with Crippen molar-refractivity contribution in [3.63, 3.8) is 0 Å². The first-order chi connectivity index (χ1) is 6.46. The summed E-state index contributed by atoms with van der Waals surface area (Å²) in [4.78, 5) is 2.00. The fourth-order valence-electron chi connectivity index (χ4n) is 1.49. The van der Waals surface area contributed by atoms with Crippen LogP contribution < -0.4 is 5.32 Å². The molecular formula is C10H18N2OS. The largest absolute Gasteiger partial charge is 0.384 e. The van der Waals surface area contributed by atoms with E-state index >= 15 is 0 Å². The average Bonchev–Trinajstić information content (AvgIpc) is 2.08. The number of nitrogens with one attached hydrogen (secondary N) is 1. The molecule has 0 saturated heterocycles. The van der Waals surface area contributed by atoms with E-state index in [1.807, 2.05) is 11.9 Å². The maximum atomic E-state index is 5.24. The molecule has 0 radical (unpaired) electrons. The fraction of sp³-hybridized carbons (Fsp3) is 0.700. The van der Waals surface area contributed by atoms with Crippen LogP contribution in [0.3, 0.4) is 0 Å². The maximum absolute atomic E-state index is 5.24. The maximum Gasteiger partial charge on any atom is 0.173 e. The molecule has 0 aromatic rings. The van der Waals surface area contributed by atoms with Crippen molar-refractivity contribution in [3.8, 4) is 0 Å². The van der Waals surface area contributed by atoms with Gasteiger partial charge in [0.2, 0.25) is 0 Å². The van der Waals surface area contributed by atoms with Gasteiger partial charge in [0.05, 0.1) is 12.1 Å². The van der Waals surface area contributed by atoms with E-state index in [1.54, 1.807) is 7.11 Å². The second-order valence-corrected chi connectivity index (χ2v) is 4.48. The van der Waals surface area contributed by atoms with Gasteiger partial charge >= 0.3 is 0 Å². The molecule has 1 rings (SSSR count). The highest BCUT2D eigenvalue weighted by Gasteiger charge is 2.25. The molecule has 1 aliphatic heterocycles. The molecule has 0 saturated carbocycles. The van der Waals surface area contributed by atoms with Crippen LogP contribution in [0.15, 0.2) is 11.8 Å². The van der Waals surface area contributed by atoms with Crippen molar-refractivity contribution in [2.24, 2.45) is 0 Å². The van der Waals surface area contributed by atoms with Crippen LogP contribution in [0.25, 0.3) is 0 Å². The van der Waals surface area contributed by atoms with Gasteiger partial charge in [0.1, 0.15) is 0 Å². The highest BCUT2D eigenvalue weighted by Crippen LogP contribution is 2.19. The topological polar surface area (TPSA) is 24.5 Å². The highest BCUT2D eigenvalue weighted by molar-refractivity contribution is 7.80. The molecule has 0 atom stereocenters. The quantitative estimate of drug-likeness (QED) is 0.720.